The summed E-state index contributed by atoms with van der Waals surface area (Å²) in [7, 11) is -3.15. The summed E-state index contributed by atoms with van der Waals surface area (Å²) in [5, 5.41) is -0.549. The fourth-order valence-corrected chi connectivity index (χ4v) is 4.32. The molecule has 1 aromatic carbocycles. The SMILES string of the molecule is CS(=O)(=O)[C@H]1[C@H](c2ccccc2)[C@@]1(N)CN. The molecule has 4 nitrogen and oxygen atoms in total. The van der Waals surface area contributed by atoms with E-state index in [9.17, 15) is 8.42 Å². The van der Waals surface area contributed by atoms with E-state index in [0.717, 1.165) is 5.56 Å². The topological polar surface area (TPSA) is 86.2 Å². The first-order valence-corrected chi connectivity index (χ1v) is 7.09. The summed E-state index contributed by atoms with van der Waals surface area (Å²) in [6.45, 7) is 0.185. The molecular formula is C11H16N2O2S. The highest BCUT2D eigenvalue weighted by molar-refractivity contribution is 7.91. The normalized spacial score (nSPS) is 33.7. The van der Waals surface area contributed by atoms with Gasteiger partial charge in [-0.05, 0) is 5.56 Å². The van der Waals surface area contributed by atoms with Crippen LogP contribution in [0.25, 0.3) is 0 Å². The van der Waals surface area contributed by atoms with Gasteiger partial charge in [0.15, 0.2) is 9.84 Å². The van der Waals surface area contributed by atoms with E-state index in [-0.39, 0.29) is 12.5 Å². The highest BCUT2D eigenvalue weighted by Gasteiger charge is 2.66. The summed E-state index contributed by atoms with van der Waals surface area (Å²) in [5.41, 5.74) is 11.8. The molecule has 2 rings (SSSR count). The molecule has 1 aromatic rings. The molecule has 5 heteroatoms. The quantitative estimate of drug-likeness (QED) is 0.769. The first kappa shape index (κ1) is 11.6. The van der Waals surface area contributed by atoms with Crippen LogP contribution in [-0.2, 0) is 9.84 Å². The molecule has 0 heterocycles. The monoisotopic (exact) mass is 240 g/mol. The molecule has 0 amide bonds. The van der Waals surface area contributed by atoms with Crippen molar-refractivity contribution in [2.75, 3.05) is 12.8 Å². The number of benzene rings is 1. The average Bonchev–Trinajstić information content (AvgIpc) is 2.87. The second kappa shape index (κ2) is 3.55. The predicted octanol–water partition coefficient (Wildman–Crippen LogP) is -0.147. The molecule has 1 aliphatic carbocycles. The van der Waals surface area contributed by atoms with Crippen LogP contribution in [0.3, 0.4) is 0 Å². The van der Waals surface area contributed by atoms with E-state index in [1.54, 1.807) is 0 Å². The first-order chi connectivity index (χ1) is 7.41. The lowest BCUT2D eigenvalue weighted by atomic mass is 10.1. The molecule has 1 aliphatic rings. The second-order valence-electron chi connectivity index (χ2n) is 4.45. The third-order valence-electron chi connectivity index (χ3n) is 3.28. The minimum Gasteiger partial charge on any atom is -0.329 e. The molecule has 0 aliphatic heterocycles. The Labute approximate surface area is 95.6 Å². The molecule has 4 N–H and O–H groups in total. The van der Waals surface area contributed by atoms with Gasteiger partial charge in [0.05, 0.1) is 10.8 Å². The van der Waals surface area contributed by atoms with Gasteiger partial charge in [0.2, 0.25) is 0 Å². The molecule has 0 bridgehead atoms. The lowest BCUT2D eigenvalue weighted by Gasteiger charge is -2.07. The number of sulfone groups is 1. The average molecular weight is 240 g/mol. The largest absolute Gasteiger partial charge is 0.329 e. The van der Waals surface area contributed by atoms with Crippen LogP contribution in [0.5, 0.6) is 0 Å². The molecule has 0 unspecified atom stereocenters. The molecule has 0 radical (unpaired) electrons. The van der Waals surface area contributed by atoms with Gasteiger partial charge in [-0.3, -0.25) is 0 Å². The Hall–Kier alpha value is -0.910. The van der Waals surface area contributed by atoms with E-state index in [2.05, 4.69) is 0 Å². The minimum absolute atomic E-state index is 0.173. The summed E-state index contributed by atoms with van der Waals surface area (Å²) in [6.07, 6.45) is 1.22. The van der Waals surface area contributed by atoms with E-state index >= 15 is 0 Å². The fourth-order valence-electron chi connectivity index (χ4n) is 2.46. The van der Waals surface area contributed by atoms with Crippen LogP contribution in [0.1, 0.15) is 11.5 Å². The fraction of sp³-hybridized carbons (Fsp3) is 0.455. The third kappa shape index (κ3) is 1.65. The Balaban J connectivity index is 2.38. The van der Waals surface area contributed by atoms with E-state index in [4.69, 9.17) is 11.5 Å². The number of hydrogen-bond acceptors (Lipinski definition) is 4. The molecule has 1 saturated carbocycles. The smallest absolute Gasteiger partial charge is 0.152 e. The zero-order chi connectivity index (χ0) is 12.0. The lowest BCUT2D eigenvalue weighted by molar-refractivity contribution is 0.591. The van der Waals surface area contributed by atoms with Gasteiger partial charge in [-0.25, -0.2) is 8.42 Å². The van der Waals surface area contributed by atoms with Crippen molar-refractivity contribution < 1.29 is 8.42 Å². The lowest BCUT2D eigenvalue weighted by Crippen LogP contribution is -2.38. The Morgan fingerprint density at radius 2 is 1.88 bits per heavy atom. The van der Waals surface area contributed by atoms with Crippen molar-refractivity contribution in [1.82, 2.24) is 0 Å². The zero-order valence-corrected chi connectivity index (χ0v) is 9.94. The number of rotatable bonds is 3. The van der Waals surface area contributed by atoms with E-state index in [1.807, 2.05) is 30.3 Å². The van der Waals surface area contributed by atoms with E-state index in [0.29, 0.717) is 0 Å². The molecule has 3 atom stereocenters. The maximum Gasteiger partial charge on any atom is 0.152 e. The Morgan fingerprint density at radius 1 is 1.31 bits per heavy atom. The maximum atomic E-state index is 11.6. The third-order valence-corrected chi connectivity index (χ3v) is 4.91. The molecule has 0 aromatic heterocycles. The van der Waals surface area contributed by atoms with Gasteiger partial charge in [-0.15, -0.1) is 0 Å². The summed E-state index contributed by atoms with van der Waals surface area (Å²) < 4.78 is 23.2. The van der Waals surface area contributed by atoms with Crippen LogP contribution in [0.2, 0.25) is 0 Å². The summed E-state index contributed by atoms with van der Waals surface area (Å²) in [4.78, 5) is 0. The molecular weight excluding hydrogens is 224 g/mol. The van der Waals surface area contributed by atoms with Gasteiger partial charge < -0.3 is 11.5 Å². The standard InChI is InChI=1S/C11H16N2O2S/c1-16(14,15)10-9(11(10,13)7-12)8-5-3-2-4-6-8/h2-6,9-10H,7,12-13H2,1H3/t9-,10-,11-/m0/s1. The van der Waals surface area contributed by atoms with Crippen molar-refractivity contribution in [2.24, 2.45) is 11.5 Å². The van der Waals surface area contributed by atoms with Gasteiger partial charge >= 0.3 is 0 Å². The van der Waals surface area contributed by atoms with Crippen LogP contribution in [0.4, 0.5) is 0 Å². The van der Waals surface area contributed by atoms with E-state index in [1.165, 1.54) is 6.26 Å². The van der Waals surface area contributed by atoms with Gasteiger partial charge in [0.25, 0.3) is 0 Å². The predicted molar refractivity (Wildman–Crippen MR) is 63.8 cm³/mol. The van der Waals surface area contributed by atoms with Crippen LogP contribution < -0.4 is 11.5 Å². The summed E-state index contributed by atoms with van der Waals surface area (Å²) in [6, 6.07) is 9.44. The molecule has 88 valence electrons. The number of hydrogen-bond donors (Lipinski definition) is 2. The van der Waals surface area contributed by atoms with Crippen molar-refractivity contribution >= 4 is 9.84 Å². The van der Waals surface area contributed by atoms with E-state index < -0.39 is 20.6 Å². The van der Waals surface area contributed by atoms with Gasteiger partial charge in [-0.1, -0.05) is 30.3 Å². The van der Waals surface area contributed by atoms with Gasteiger partial charge in [-0.2, -0.15) is 0 Å². The summed E-state index contributed by atoms with van der Waals surface area (Å²) in [5.74, 6) is -0.173. The Morgan fingerprint density at radius 3 is 2.25 bits per heavy atom. The minimum atomic E-state index is -3.15. The molecule has 1 fully saturated rings. The molecule has 0 saturated heterocycles. The van der Waals surface area contributed by atoms with Crippen molar-refractivity contribution in [3.63, 3.8) is 0 Å². The molecule has 0 spiro atoms. The highest BCUT2D eigenvalue weighted by Crippen LogP contribution is 2.53. The van der Waals surface area contributed by atoms with Crippen LogP contribution in [-0.4, -0.2) is 32.0 Å². The number of nitrogens with two attached hydrogens (primary N) is 2. The summed E-state index contributed by atoms with van der Waals surface area (Å²) >= 11 is 0. The van der Waals surface area contributed by atoms with Crippen LogP contribution >= 0.6 is 0 Å². The first-order valence-electron chi connectivity index (χ1n) is 5.14. The van der Waals surface area contributed by atoms with Crippen molar-refractivity contribution in [3.05, 3.63) is 35.9 Å². The molecule has 16 heavy (non-hydrogen) atoms. The van der Waals surface area contributed by atoms with Crippen molar-refractivity contribution in [3.8, 4) is 0 Å². The zero-order valence-electron chi connectivity index (χ0n) is 9.13. The van der Waals surface area contributed by atoms with Crippen LogP contribution in [0.15, 0.2) is 30.3 Å². The highest BCUT2D eigenvalue weighted by atomic mass is 32.2. The maximum absolute atomic E-state index is 11.6. The van der Waals surface area contributed by atoms with Crippen molar-refractivity contribution in [2.45, 2.75) is 16.7 Å². The van der Waals surface area contributed by atoms with Crippen LogP contribution in [0, 0.1) is 0 Å². The second-order valence-corrected chi connectivity index (χ2v) is 6.62. The van der Waals surface area contributed by atoms with Gasteiger partial charge in [0.1, 0.15) is 0 Å². The Kier molecular flexibility index (Phi) is 2.57. The van der Waals surface area contributed by atoms with Gasteiger partial charge in [0, 0.05) is 18.7 Å². The van der Waals surface area contributed by atoms with Crippen molar-refractivity contribution in [1.29, 1.82) is 0 Å². The Bertz CT molecular complexity index is 486.